The van der Waals surface area contributed by atoms with Crippen LogP contribution in [0.1, 0.15) is 11.0 Å². The van der Waals surface area contributed by atoms with E-state index in [4.69, 9.17) is 5.79 Å². The van der Waals surface area contributed by atoms with Gasteiger partial charge < -0.3 is 9.32 Å². The lowest BCUT2D eigenvalue weighted by molar-refractivity contribution is 0.669. The molecule has 0 radical (unpaired) electrons. The number of hydrogen-bond acceptors (Lipinski definition) is 3. The van der Waals surface area contributed by atoms with Gasteiger partial charge in [0.05, 0.1) is 11.0 Å². The van der Waals surface area contributed by atoms with E-state index >= 15 is 0 Å². The summed E-state index contributed by atoms with van der Waals surface area (Å²) in [6.07, 6.45) is 0. The first-order chi connectivity index (χ1) is 27.6. The van der Waals surface area contributed by atoms with Crippen molar-refractivity contribution >= 4 is 81.3 Å². The highest BCUT2D eigenvalue weighted by Gasteiger charge is 2.18. The number of benzene rings is 8. The molecule has 10 rings (SSSR count). The van der Waals surface area contributed by atoms with Crippen LogP contribution in [0.5, 0.6) is 0 Å². The lowest BCUT2D eigenvalue weighted by atomic mass is 9.98. The molecule has 2 aromatic heterocycles. The summed E-state index contributed by atoms with van der Waals surface area (Å²) in [6, 6.07) is 36.7. The molecule has 0 fully saturated rings. The van der Waals surface area contributed by atoms with Gasteiger partial charge in [-0.2, -0.15) is 0 Å². The lowest BCUT2D eigenvalue weighted by Gasteiger charge is -2.26. The molecule has 2 heterocycles. The van der Waals surface area contributed by atoms with E-state index in [1.165, 1.54) is 16.2 Å². The molecular weight excluding hydrogens is 615 g/mol. The third-order valence-corrected chi connectivity index (χ3v) is 10.2. The second-order valence-corrected chi connectivity index (χ2v) is 12.9. The summed E-state index contributed by atoms with van der Waals surface area (Å²) in [5.41, 5.74) is 2.40. The van der Waals surface area contributed by atoms with Crippen LogP contribution < -0.4 is 4.90 Å². The van der Waals surface area contributed by atoms with Crippen LogP contribution in [0, 0.1) is 0 Å². The maximum atomic E-state index is 9.87. The third kappa shape index (κ3) is 4.62. The molecular formula is C46H29NOS. The molecule has 0 unspecified atom stereocenters. The van der Waals surface area contributed by atoms with E-state index in [1.54, 1.807) is 18.2 Å². The Hall–Kier alpha value is -6.16. The minimum Gasteiger partial charge on any atom is -0.456 e. The van der Waals surface area contributed by atoms with Crippen LogP contribution in [0.4, 0.5) is 17.1 Å². The summed E-state index contributed by atoms with van der Waals surface area (Å²) in [5, 5.41) is 5.29. The standard InChI is InChI=1S/C46H29NOS/c1-2-14-36-30(10-1)11-8-17-37(36)31-22-24-33(25-23-31)47(35-26-27-40-39-15-3-5-20-43(39)48-44(40)29-35)34-13-7-12-32(28-34)38-18-9-19-42-41-16-4-6-21-45(41)49-46(38)42/h1-29H/i7D,12D,13D,22D,23D,24D,25D,28D. The van der Waals surface area contributed by atoms with Crippen LogP contribution in [0.15, 0.2) is 180 Å². The zero-order valence-electron chi connectivity index (χ0n) is 33.9. The van der Waals surface area contributed by atoms with Crippen LogP contribution in [0.2, 0.25) is 0 Å². The predicted octanol–water partition coefficient (Wildman–Crippen LogP) is 13.9. The van der Waals surface area contributed by atoms with Crippen molar-refractivity contribution in [1.29, 1.82) is 0 Å². The normalized spacial score (nSPS) is 14.0. The van der Waals surface area contributed by atoms with Crippen LogP contribution in [0.3, 0.4) is 0 Å². The summed E-state index contributed by atoms with van der Waals surface area (Å²) in [4.78, 5) is 1.37. The van der Waals surface area contributed by atoms with E-state index in [9.17, 15) is 9.60 Å². The summed E-state index contributed by atoms with van der Waals surface area (Å²) < 4.78 is 83.7. The van der Waals surface area contributed by atoms with Gasteiger partial charge in [0.1, 0.15) is 11.2 Å². The van der Waals surface area contributed by atoms with E-state index in [0.29, 0.717) is 28.0 Å². The number of fused-ring (bicyclic) bond motifs is 7. The van der Waals surface area contributed by atoms with Gasteiger partial charge in [0.15, 0.2) is 0 Å². The minimum atomic E-state index is -0.461. The van der Waals surface area contributed by atoms with Gasteiger partial charge in [0.2, 0.25) is 0 Å². The molecule has 49 heavy (non-hydrogen) atoms. The molecule has 0 aliphatic rings. The Morgan fingerprint density at radius 3 is 2.12 bits per heavy atom. The van der Waals surface area contributed by atoms with Gasteiger partial charge in [-0.25, -0.2) is 0 Å². The van der Waals surface area contributed by atoms with Crippen molar-refractivity contribution in [3.63, 3.8) is 0 Å². The maximum Gasteiger partial charge on any atom is 0.137 e. The number of rotatable bonds is 5. The molecule has 0 saturated carbocycles. The highest BCUT2D eigenvalue weighted by atomic mass is 32.1. The molecule has 0 aliphatic carbocycles. The zero-order chi connectivity index (χ0) is 39.3. The molecule has 10 aromatic rings. The van der Waals surface area contributed by atoms with Gasteiger partial charge >= 0.3 is 0 Å². The van der Waals surface area contributed by atoms with Crippen molar-refractivity contribution in [2.75, 3.05) is 4.90 Å². The molecule has 0 aliphatic heterocycles. The van der Waals surface area contributed by atoms with Crippen molar-refractivity contribution in [2.45, 2.75) is 0 Å². The van der Waals surface area contributed by atoms with Gasteiger partial charge in [-0.05, 0) is 81.5 Å². The second kappa shape index (κ2) is 11.2. The molecule has 0 N–H and O–H groups in total. The topological polar surface area (TPSA) is 16.4 Å². The van der Waals surface area contributed by atoms with Crippen molar-refractivity contribution in [2.24, 2.45) is 0 Å². The van der Waals surface area contributed by atoms with Crippen LogP contribution >= 0.6 is 11.3 Å². The monoisotopic (exact) mass is 651 g/mol. The largest absolute Gasteiger partial charge is 0.456 e. The first-order valence-corrected chi connectivity index (χ1v) is 16.8. The summed E-state index contributed by atoms with van der Waals surface area (Å²) in [5.74, 6) is 0. The van der Waals surface area contributed by atoms with Crippen LogP contribution in [-0.4, -0.2) is 0 Å². The van der Waals surface area contributed by atoms with Crippen LogP contribution in [0.25, 0.3) is 75.1 Å². The maximum absolute atomic E-state index is 9.87. The first kappa shape index (κ1) is 20.9. The highest BCUT2D eigenvalue weighted by Crippen LogP contribution is 2.43. The Morgan fingerprint density at radius 1 is 0.490 bits per heavy atom. The molecule has 0 amide bonds. The van der Waals surface area contributed by atoms with Crippen LogP contribution in [-0.2, 0) is 0 Å². The number of thiophene rings is 1. The number of anilines is 3. The average Bonchev–Trinajstić information content (AvgIpc) is 3.80. The number of para-hydroxylation sites is 1. The van der Waals surface area contributed by atoms with E-state index in [2.05, 4.69) is 0 Å². The van der Waals surface area contributed by atoms with E-state index in [0.717, 1.165) is 41.7 Å². The Kier molecular flexibility index (Phi) is 4.80. The fraction of sp³-hybridized carbons (Fsp3) is 0. The van der Waals surface area contributed by atoms with Crippen molar-refractivity contribution in [3.8, 4) is 22.3 Å². The molecule has 0 spiro atoms. The minimum absolute atomic E-state index is 0.121. The van der Waals surface area contributed by atoms with Crippen molar-refractivity contribution in [3.05, 3.63) is 176 Å². The molecule has 0 saturated heterocycles. The second-order valence-electron chi connectivity index (χ2n) is 11.9. The number of furan rings is 1. The smallest absolute Gasteiger partial charge is 0.137 e. The zero-order valence-corrected chi connectivity index (χ0v) is 26.7. The number of hydrogen-bond donors (Lipinski definition) is 0. The van der Waals surface area contributed by atoms with Crippen molar-refractivity contribution < 1.29 is 15.4 Å². The van der Waals surface area contributed by atoms with E-state index < -0.39 is 24.2 Å². The predicted molar refractivity (Wildman–Crippen MR) is 210 cm³/mol. The Balaban J connectivity index is 1.29. The van der Waals surface area contributed by atoms with Gasteiger partial charge in [0.25, 0.3) is 0 Å². The first-order valence-electron chi connectivity index (χ1n) is 19.9. The quantitative estimate of drug-likeness (QED) is 0.184. The van der Waals surface area contributed by atoms with Gasteiger partial charge in [-0.1, -0.05) is 121 Å². The molecule has 230 valence electrons. The third-order valence-electron chi connectivity index (χ3n) is 9.02. The summed E-state index contributed by atoms with van der Waals surface area (Å²) in [7, 11) is 0. The van der Waals surface area contributed by atoms with Crippen molar-refractivity contribution in [1.82, 2.24) is 0 Å². The molecule has 8 aromatic carbocycles. The fourth-order valence-electron chi connectivity index (χ4n) is 6.74. The highest BCUT2D eigenvalue weighted by molar-refractivity contribution is 7.26. The molecule has 0 atom stereocenters. The Morgan fingerprint density at radius 2 is 1.20 bits per heavy atom. The SMILES string of the molecule is [2H]c1c([2H])c(-c2cccc3c2sc2ccccc23)c([2H])c(N(c2ccc3c(c2)oc2ccccc23)c2c([2H])c([2H])c(-c3cccc4ccccc34)c([2H])c2[2H])c1[2H]. The van der Waals surface area contributed by atoms with Gasteiger partial charge in [0, 0.05) is 54.1 Å². The average molecular weight is 652 g/mol. The van der Waals surface area contributed by atoms with Gasteiger partial charge in [-0.15, -0.1) is 11.3 Å². The van der Waals surface area contributed by atoms with Gasteiger partial charge in [-0.3, -0.25) is 0 Å². The fourth-order valence-corrected chi connectivity index (χ4v) is 7.97. The van der Waals surface area contributed by atoms with E-state index in [-0.39, 0.29) is 46.7 Å². The molecule has 3 heteroatoms. The molecule has 0 bridgehead atoms. The Labute approximate surface area is 299 Å². The lowest BCUT2D eigenvalue weighted by Crippen LogP contribution is -2.10. The van der Waals surface area contributed by atoms with E-state index in [1.807, 2.05) is 109 Å². The number of nitrogens with zero attached hydrogens (tertiary/aromatic N) is 1. The Bertz CT molecular complexity index is 3280. The molecule has 2 nitrogen and oxygen atoms in total. The summed E-state index contributed by atoms with van der Waals surface area (Å²) in [6.45, 7) is 0. The summed E-state index contributed by atoms with van der Waals surface area (Å²) >= 11 is 1.52.